The molecule has 0 nitrogen and oxygen atoms in total. The Balaban J connectivity index is 4.29. The average Bonchev–Trinajstić information content (AvgIpc) is 2.03. The lowest BCUT2D eigenvalue weighted by Gasteiger charge is -2.38. The fraction of sp³-hybridized carbons (Fsp3) is 0.917. The number of hydrogen-bond donors (Lipinski definition) is 0. The molecule has 0 amide bonds. The summed E-state index contributed by atoms with van der Waals surface area (Å²) in [6.07, 6.45) is 3.88. The maximum absolute atomic E-state index is 4.18. The number of hydrogen-bond acceptors (Lipinski definition) is 0. The predicted molar refractivity (Wildman–Crippen MR) is 57.0 cm³/mol. The van der Waals surface area contributed by atoms with Crippen LogP contribution in [0.15, 0.2) is 0 Å². The molecule has 3 unspecified atom stereocenters. The predicted octanol–water partition coefficient (Wildman–Crippen LogP) is 4.31. The van der Waals surface area contributed by atoms with Gasteiger partial charge >= 0.3 is 0 Å². The summed E-state index contributed by atoms with van der Waals surface area (Å²) < 4.78 is 0. The monoisotopic (exact) mass is 169 g/mol. The van der Waals surface area contributed by atoms with E-state index in [0.717, 1.165) is 5.92 Å². The van der Waals surface area contributed by atoms with Crippen molar-refractivity contribution in [3.8, 4) is 0 Å². The maximum atomic E-state index is 4.18. The van der Waals surface area contributed by atoms with Crippen molar-refractivity contribution in [2.75, 3.05) is 0 Å². The molecule has 0 fully saturated rings. The fourth-order valence-electron chi connectivity index (χ4n) is 1.95. The van der Waals surface area contributed by atoms with Crippen LogP contribution < -0.4 is 0 Å². The molecule has 0 spiro atoms. The zero-order chi connectivity index (χ0) is 9.78. The van der Waals surface area contributed by atoms with Crippen LogP contribution in [0.5, 0.6) is 0 Å². The topological polar surface area (TPSA) is 0 Å². The molecule has 73 valence electrons. The van der Waals surface area contributed by atoms with Crippen LogP contribution in [0.2, 0.25) is 0 Å². The molecule has 0 aliphatic rings. The highest BCUT2D eigenvalue weighted by atomic mass is 14.4. The lowest BCUT2D eigenvalue weighted by Crippen LogP contribution is -2.30. The molecule has 1 radical (unpaired) electrons. The minimum absolute atomic E-state index is 0.440. The van der Waals surface area contributed by atoms with Gasteiger partial charge in [0.05, 0.1) is 0 Å². The van der Waals surface area contributed by atoms with Crippen LogP contribution in [0.1, 0.15) is 53.9 Å². The highest BCUT2D eigenvalue weighted by molar-refractivity contribution is 4.84. The van der Waals surface area contributed by atoms with E-state index < -0.39 is 0 Å². The molecule has 12 heavy (non-hydrogen) atoms. The molecule has 0 saturated heterocycles. The summed E-state index contributed by atoms with van der Waals surface area (Å²) in [4.78, 5) is 0. The third-order valence-electron chi connectivity index (χ3n) is 3.74. The molecule has 0 aromatic heterocycles. The molecular weight excluding hydrogens is 144 g/mol. The maximum Gasteiger partial charge on any atom is -0.0277 e. The van der Waals surface area contributed by atoms with Crippen LogP contribution in [0, 0.1) is 24.2 Å². The Morgan fingerprint density at radius 2 is 1.75 bits per heavy atom. The Labute approximate surface area is 78.8 Å². The molecular formula is C12H25. The Morgan fingerprint density at radius 1 is 1.25 bits per heavy atom. The highest BCUT2D eigenvalue weighted by Crippen LogP contribution is 2.40. The summed E-state index contributed by atoms with van der Waals surface area (Å²) in [5, 5.41) is 0. The minimum atomic E-state index is 0.440. The SMILES string of the molecule is [CH2]C(C)C(C)(CC)C(C)CCC. The summed E-state index contributed by atoms with van der Waals surface area (Å²) in [5.41, 5.74) is 0.440. The zero-order valence-corrected chi connectivity index (χ0v) is 9.48. The first kappa shape index (κ1) is 12.0. The van der Waals surface area contributed by atoms with Crippen molar-refractivity contribution in [3.63, 3.8) is 0 Å². The Hall–Kier alpha value is 0. The lowest BCUT2D eigenvalue weighted by molar-refractivity contribution is 0.126. The van der Waals surface area contributed by atoms with Crippen LogP contribution >= 0.6 is 0 Å². The summed E-state index contributed by atoms with van der Waals surface area (Å²) in [5.74, 6) is 1.36. The fourth-order valence-corrected chi connectivity index (χ4v) is 1.95. The molecule has 0 heterocycles. The van der Waals surface area contributed by atoms with Gasteiger partial charge in [-0.25, -0.2) is 0 Å². The minimum Gasteiger partial charge on any atom is -0.0654 e. The second-order valence-corrected chi connectivity index (χ2v) is 4.45. The molecule has 0 aliphatic carbocycles. The third kappa shape index (κ3) is 2.50. The molecule has 0 aromatic rings. The normalized spacial score (nSPS) is 19.2. The van der Waals surface area contributed by atoms with Crippen molar-refractivity contribution in [3.05, 3.63) is 6.92 Å². The van der Waals surface area contributed by atoms with E-state index in [0.29, 0.717) is 11.3 Å². The van der Waals surface area contributed by atoms with Crippen LogP contribution in [-0.2, 0) is 0 Å². The van der Waals surface area contributed by atoms with E-state index in [1.165, 1.54) is 19.3 Å². The zero-order valence-electron chi connectivity index (χ0n) is 9.48. The van der Waals surface area contributed by atoms with Gasteiger partial charge in [-0.3, -0.25) is 0 Å². The smallest absolute Gasteiger partial charge is 0.0277 e. The van der Waals surface area contributed by atoms with Gasteiger partial charge in [-0.05, 0) is 24.2 Å². The molecule has 0 bridgehead atoms. The van der Waals surface area contributed by atoms with E-state index in [1.807, 2.05) is 0 Å². The van der Waals surface area contributed by atoms with Crippen molar-refractivity contribution in [1.29, 1.82) is 0 Å². The van der Waals surface area contributed by atoms with Crippen LogP contribution in [0.3, 0.4) is 0 Å². The lowest BCUT2D eigenvalue weighted by atomic mass is 9.67. The van der Waals surface area contributed by atoms with E-state index in [-0.39, 0.29) is 0 Å². The van der Waals surface area contributed by atoms with Gasteiger partial charge in [0.25, 0.3) is 0 Å². The van der Waals surface area contributed by atoms with Gasteiger partial charge in [0, 0.05) is 0 Å². The first-order chi connectivity index (χ1) is 5.49. The summed E-state index contributed by atoms with van der Waals surface area (Å²) >= 11 is 0. The molecule has 0 aromatic carbocycles. The van der Waals surface area contributed by atoms with Crippen molar-refractivity contribution in [1.82, 2.24) is 0 Å². The number of rotatable bonds is 5. The Bertz CT molecular complexity index is 115. The van der Waals surface area contributed by atoms with E-state index in [9.17, 15) is 0 Å². The highest BCUT2D eigenvalue weighted by Gasteiger charge is 2.31. The third-order valence-corrected chi connectivity index (χ3v) is 3.74. The second kappa shape index (κ2) is 4.89. The Morgan fingerprint density at radius 3 is 2.00 bits per heavy atom. The van der Waals surface area contributed by atoms with Crippen molar-refractivity contribution in [2.45, 2.75) is 53.9 Å². The summed E-state index contributed by atoms with van der Waals surface area (Å²) in [6, 6.07) is 0. The van der Waals surface area contributed by atoms with Crippen molar-refractivity contribution < 1.29 is 0 Å². The van der Waals surface area contributed by atoms with Crippen LogP contribution in [0.4, 0.5) is 0 Å². The van der Waals surface area contributed by atoms with Gasteiger partial charge in [0.2, 0.25) is 0 Å². The quantitative estimate of drug-likeness (QED) is 0.575. The first-order valence-electron chi connectivity index (χ1n) is 5.32. The first-order valence-corrected chi connectivity index (χ1v) is 5.32. The summed E-state index contributed by atoms with van der Waals surface area (Å²) in [6.45, 7) is 15.7. The van der Waals surface area contributed by atoms with E-state index in [4.69, 9.17) is 0 Å². The van der Waals surface area contributed by atoms with E-state index in [1.54, 1.807) is 0 Å². The second-order valence-electron chi connectivity index (χ2n) is 4.45. The molecule has 0 heteroatoms. The van der Waals surface area contributed by atoms with Gasteiger partial charge in [-0.15, -0.1) is 0 Å². The summed E-state index contributed by atoms with van der Waals surface area (Å²) in [7, 11) is 0. The van der Waals surface area contributed by atoms with Gasteiger partial charge in [0.1, 0.15) is 0 Å². The van der Waals surface area contributed by atoms with E-state index >= 15 is 0 Å². The Kier molecular flexibility index (Phi) is 4.89. The molecule has 0 saturated carbocycles. The van der Waals surface area contributed by atoms with Crippen LogP contribution in [-0.4, -0.2) is 0 Å². The van der Waals surface area contributed by atoms with Crippen molar-refractivity contribution >= 4 is 0 Å². The average molecular weight is 169 g/mol. The molecule has 0 rings (SSSR count). The van der Waals surface area contributed by atoms with Gasteiger partial charge in [-0.2, -0.15) is 0 Å². The van der Waals surface area contributed by atoms with E-state index in [2.05, 4.69) is 41.5 Å². The van der Waals surface area contributed by atoms with Crippen molar-refractivity contribution in [2.24, 2.45) is 17.3 Å². The van der Waals surface area contributed by atoms with Gasteiger partial charge in [0.15, 0.2) is 0 Å². The largest absolute Gasteiger partial charge is 0.0654 e. The van der Waals surface area contributed by atoms with Crippen LogP contribution in [0.25, 0.3) is 0 Å². The molecule has 0 aliphatic heterocycles. The standard InChI is InChI=1S/C12H25/c1-7-9-11(5)12(6,8-2)10(3)4/h10-11H,3,7-9H2,1-2,4-6H3. The van der Waals surface area contributed by atoms with Gasteiger partial charge < -0.3 is 0 Å². The van der Waals surface area contributed by atoms with Gasteiger partial charge in [-0.1, -0.05) is 53.9 Å². The molecule has 0 N–H and O–H groups in total. The molecule has 3 atom stereocenters.